The second-order valence-corrected chi connectivity index (χ2v) is 4.23. The Kier molecular flexibility index (Phi) is 3.15. The Morgan fingerprint density at radius 2 is 2.00 bits per heavy atom. The first-order chi connectivity index (χ1) is 8.08. The van der Waals surface area contributed by atoms with Gasteiger partial charge in [0.25, 0.3) is 0 Å². The van der Waals surface area contributed by atoms with E-state index in [0.29, 0.717) is 11.6 Å². The molecule has 0 radical (unpaired) electrons. The van der Waals surface area contributed by atoms with Crippen LogP contribution in [0, 0.1) is 13.8 Å². The van der Waals surface area contributed by atoms with Crippen LogP contribution in [0.15, 0.2) is 24.5 Å². The van der Waals surface area contributed by atoms with Crippen molar-refractivity contribution in [2.75, 3.05) is 11.1 Å². The highest BCUT2D eigenvalue weighted by Crippen LogP contribution is 2.24. The minimum atomic E-state index is 0.473. The molecule has 1 aromatic carbocycles. The first kappa shape index (κ1) is 11.7. The fourth-order valence-electron chi connectivity index (χ4n) is 1.40. The highest BCUT2D eigenvalue weighted by molar-refractivity contribution is 6.31. The molecule has 0 saturated carbocycles. The van der Waals surface area contributed by atoms with Gasteiger partial charge in [0, 0.05) is 16.3 Å². The van der Waals surface area contributed by atoms with E-state index in [-0.39, 0.29) is 0 Å². The second-order valence-electron chi connectivity index (χ2n) is 3.82. The summed E-state index contributed by atoms with van der Waals surface area (Å²) in [6.07, 6.45) is 1.43. The predicted molar refractivity (Wildman–Crippen MR) is 70.7 cm³/mol. The van der Waals surface area contributed by atoms with Crippen molar-refractivity contribution in [2.24, 2.45) is 0 Å². The van der Waals surface area contributed by atoms with Gasteiger partial charge >= 0.3 is 0 Å². The number of aryl methyl sites for hydroxylation is 1. The van der Waals surface area contributed by atoms with Gasteiger partial charge in [-0.05, 0) is 31.5 Å². The lowest BCUT2D eigenvalue weighted by Gasteiger charge is -2.10. The summed E-state index contributed by atoms with van der Waals surface area (Å²) in [5, 5.41) is 3.88. The third-order valence-corrected chi connectivity index (χ3v) is 2.96. The molecule has 3 N–H and O–H groups in total. The van der Waals surface area contributed by atoms with Gasteiger partial charge in [-0.25, -0.2) is 9.97 Å². The summed E-state index contributed by atoms with van der Waals surface area (Å²) < 4.78 is 0. The van der Waals surface area contributed by atoms with Crippen LogP contribution in [0.4, 0.5) is 17.3 Å². The van der Waals surface area contributed by atoms with Gasteiger partial charge in [-0.1, -0.05) is 17.7 Å². The number of benzene rings is 1. The number of aromatic nitrogens is 2. The van der Waals surface area contributed by atoms with Crippen LogP contribution in [-0.4, -0.2) is 9.97 Å². The summed E-state index contributed by atoms with van der Waals surface area (Å²) in [6.45, 7) is 3.83. The van der Waals surface area contributed by atoms with Crippen LogP contribution >= 0.6 is 11.6 Å². The van der Waals surface area contributed by atoms with Crippen molar-refractivity contribution in [1.82, 2.24) is 9.97 Å². The quantitative estimate of drug-likeness (QED) is 0.857. The third kappa shape index (κ3) is 2.47. The van der Waals surface area contributed by atoms with E-state index in [2.05, 4.69) is 15.3 Å². The Labute approximate surface area is 105 Å². The molecule has 0 fully saturated rings. The van der Waals surface area contributed by atoms with Crippen LogP contribution in [0.5, 0.6) is 0 Å². The number of hydrogen-bond acceptors (Lipinski definition) is 4. The van der Waals surface area contributed by atoms with E-state index in [9.17, 15) is 0 Å². The lowest BCUT2D eigenvalue weighted by Crippen LogP contribution is -2.02. The maximum absolute atomic E-state index is 6.05. The Morgan fingerprint density at radius 1 is 1.24 bits per heavy atom. The summed E-state index contributed by atoms with van der Waals surface area (Å²) in [6, 6.07) is 5.75. The smallest absolute Gasteiger partial charge is 0.138 e. The lowest BCUT2D eigenvalue weighted by atomic mass is 10.2. The van der Waals surface area contributed by atoms with Crippen LogP contribution in [0.2, 0.25) is 5.02 Å². The molecular formula is C12H13ClN4. The van der Waals surface area contributed by atoms with E-state index in [4.69, 9.17) is 17.3 Å². The van der Waals surface area contributed by atoms with Crippen molar-refractivity contribution in [2.45, 2.75) is 13.8 Å². The third-order valence-electron chi connectivity index (χ3n) is 2.56. The van der Waals surface area contributed by atoms with Crippen molar-refractivity contribution in [3.05, 3.63) is 40.7 Å². The molecule has 17 heavy (non-hydrogen) atoms. The number of nitrogens with two attached hydrogens (primary N) is 1. The van der Waals surface area contributed by atoms with Gasteiger partial charge in [0.1, 0.15) is 18.0 Å². The lowest BCUT2D eigenvalue weighted by molar-refractivity contribution is 1.14. The fourth-order valence-corrected chi connectivity index (χ4v) is 1.58. The molecule has 88 valence electrons. The standard InChI is InChI=1S/C12H13ClN4/c1-7-3-4-9(5-10(7)13)17-12-8(2)11(14)15-6-16-12/h3-6H,1-2H3,(H3,14,15,16,17). The SMILES string of the molecule is Cc1ccc(Nc2ncnc(N)c2C)cc1Cl. The average molecular weight is 249 g/mol. The number of nitrogens with zero attached hydrogens (tertiary/aromatic N) is 2. The minimum Gasteiger partial charge on any atom is -0.383 e. The van der Waals surface area contributed by atoms with Gasteiger partial charge in [0.15, 0.2) is 0 Å². The van der Waals surface area contributed by atoms with Gasteiger partial charge in [0.05, 0.1) is 0 Å². The molecule has 0 aliphatic heterocycles. The first-order valence-electron chi connectivity index (χ1n) is 5.18. The zero-order chi connectivity index (χ0) is 12.4. The van der Waals surface area contributed by atoms with Gasteiger partial charge < -0.3 is 11.1 Å². The average Bonchev–Trinajstić information content (AvgIpc) is 2.30. The molecule has 0 amide bonds. The van der Waals surface area contributed by atoms with E-state index in [1.165, 1.54) is 6.33 Å². The molecule has 4 nitrogen and oxygen atoms in total. The highest BCUT2D eigenvalue weighted by atomic mass is 35.5. The fraction of sp³-hybridized carbons (Fsp3) is 0.167. The monoisotopic (exact) mass is 248 g/mol. The number of nitrogens with one attached hydrogen (secondary N) is 1. The van der Waals surface area contributed by atoms with Gasteiger partial charge in [0.2, 0.25) is 0 Å². The Bertz CT molecular complexity index is 554. The van der Waals surface area contributed by atoms with Crippen LogP contribution < -0.4 is 11.1 Å². The number of rotatable bonds is 2. The molecule has 1 heterocycles. The molecule has 0 saturated heterocycles. The van der Waals surface area contributed by atoms with Gasteiger partial charge in [-0.2, -0.15) is 0 Å². The molecule has 2 aromatic rings. The molecular weight excluding hydrogens is 236 g/mol. The predicted octanol–water partition coefficient (Wildman–Crippen LogP) is 3.07. The first-order valence-corrected chi connectivity index (χ1v) is 5.56. The van der Waals surface area contributed by atoms with Crippen molar-refractivity contribution < 1.29 is 0 Å². The Morgan fingerprint density at radius 3 is 2.71 bits per heavy atom. The molecule has 0 atom stereocenters. The summed E-state index contributed by atoms with van der Waals surface area (Å²) in [4.78, 5) is 8.05. The summed E-state index contributed by atoms with van der Waals surface area (Å²) in [5.41, 5.74) is 8.45. The maximum Gasteiger partial charge on any atom is 0.138 e. The summed E-state index contributed by atoms with van der Waals surface area (Å²) in [5.74, 6) is 1.16. The number of anilines is 3. The molecule has 1 aromatic heterocycles. The molecule has 0 spiro atoms. The minimum absolute atomic E-state index is 0.473. The molecule has 0 aliphatic rings. The van der Waals surface area contributed by atoms with Crippen molar-refractivity contribution in [3.8, 4) is 0 Å². The largest absolute Gasteiger partial charge is 0.383 e. The molecule has 0 unspecified atom stereocenters. The zero-order valence-corrected chi connectivity index (χ0v) is 10.4. The van der Waals surface area contributed by atoms with Crippen LogP contribution in [-0.2, 0) is 0 Å². The van der Waals surface area contributed by atoms with Gasteiger partial charge in [-0.15, -0.1) is 0 Å². The van der Waals surface area contributed by atoms with Crippen LogP contribution in [0.3, 0.4) is 0 Å². The van der Waals surface area contributed by atoms with E-state index >= 15 is 0 Å². The van der Waals surface area contributed by atoms with Gasteiger partial charge in [-0.3, -0.25) is 0 Å². The highest BCUT2D eigenvalue weighted by Gasteiger charge is 2.05. The normalized spacial score (nSPS) is 10.3. The molecule has 5 heteroatoms. The van der Waals surface area contributed by atoms with Crippen molar-refractivity contribution in [1.29, 1.82) is 0 Å². The maximum atomic E-state index is 6.05. The second kappa shape index (κ2) is 4.59. The van der Waals surface area contributed by atoms with Crippen LogP contribution in [0.1, 0.15) is 11.1 Å². The number of hydrogen-bond donors (Lipinski definition) is 2. The Balaban J connectivity index is 2.31. The van der Waals surface area contributed by atoms with E-state index in [1.807, 2.05) is 32.0 Å². The van der Waals surface area contributed by atoms with E-state index in [0.717, 1.165) is 21.8 Å². The zero-order valence-electron chi connectivity index (χ0n) is 9.66. The molecule has 0 aliphatic carbocycles. The van der Waals surface area contributed by atoms with Crippen LogP contribution in [0.25, 0.3) is 0 Å². The summed E-state index contributed by atoms with van der Waals surface area (Å²) in [7, 11) is 0. The van der Waals surface area contributed by atoms with Crippen molar-refractivity contribution in [3.63, 3.8) is 0 Å². The van der Waals surface area contributed by atoms with E-state index < -0.39 is 0 Å². The van der Waals surface area contributed by atoms with E-state index in [1.54, 1.807) is 0 Å². The summed E-state index contributed by atoms with van der Waals surface area (Å²) >= 11 is 6.05. The molecule has 2 rings (SSSR count). The molecule has 0 bridgehead atoms. The Hall–Kier alpha value is -1.81. The van der Waals surface area contributed by atoms with Crippen molar-refractivity contribution >= 4 is 28.9 Å². The topological polar surface area (TPSA) is 63.8 Å². The number of nitrogen functional groups attached to an aromatic ring is 1. The number of halogens is 1.